The summed E-state index contributed by atoms with van der Waals surface area (Å²) in [5.74, 6) is 0.783. The van der Waals surface area contributed by atoms with E-state index in [4.69, 9.17) is 4.74 Å². The SMILES string of the molecule is Cn1cc(C(=O)Nc2ccc(Oc3cccnc3)nc2)cn1. The monoisotopic (exact) mass is 295 g/mol. The highest BCUT2D eigenvalue weighted by Crippen LogP contribution is 2.19. The minimum absolute atomic E-state index is 0.240. The van der Waals surface area contributed by atoms with Crippen molar-refractivity contribution in [2.75, 3.05) is 5.32 Å². The van der Waals surface area contributed by atoms with E-state index in [1.165, 1.54) is 12.4 Å². The number of amides is 1. The average Bonchev–Trinajstić information content (AvgIpc) is 2.97. The van der Waals surface area contributed by atoms with Gasteiger partial charge in [0, 0.05) is 25.5 Å². The number of aryl methyl sites for hydroxylation is 1. The Labute approximate surface area is 126 Å². The Kier molecular flexibility index (Phi) is 3.78. The zero-order valence-electron chi connectivity index (χ0n) is 11.8. The van der Waals surface area contributed by atoms with Crippen LogP contribution in [0, 0.1) is 0 Å². The van der Waals surface area contributed by atoms with Crippen molar-refractivity contribution in [2.45, 2.75) is 0 Å². The second-order valence-corrected chi connectivity index (χ2v) is 4.53. The maximum atomic E-state index is 12.0. The molecular weight excluding hydrogens is 282 g/mol. The molecule has 1 N–H and O–H groups in total. The summed E-state index contributed by atoms with van der Waals surface area (Å²) in [7, 11) is 1.75. The molecule has 0 radical (unpaired) electrons. The van der Waals surface area contributed by atoms with Crippen molar-refractivity contribution in [2.24, 2.45) is 7.05 Å². The average molecular weight is 295 g/mol. The van der Waals surface area contributed by atoms with Gasteiger partial charge in [0.2, 0.25) is 5.88 Å². The van der Waals surface area contributed by atoms with Crippen LogP contribution in [-0.2, 0) is 7.05 Å². The van der Waals surface area contributed by atoms with E-state index in [9.17, 15) is 4.79 Å². The van der Waals surface area contributed by atoms with Crippen LogP contribution in [0.4, 0.5) is 5.69 Å². The zero-order valence-corrected chi connectivity index (χ0v) is 11.8. The maximum absolute atomic E-state index is 12.0. The summed E-state index contributed by atoms with van der Waals surface area (Å²) < 4.78 is 7.09. The lowest BCUT2D eigenvalue weighted by Crippen LogP contribution is -2.11. The normalized spacial score (nSPS) is 10.2. The van der Waals surface area contributed by atoms with Gasteiger partial charge in [-0.1, -0.05) is 0 Å². The van der Waals surface area contributed by atoms with Crippen molar-refractivity contribution in [1.29, 1.82) is 0 Å². The van der Waals surface area contributed by atoms with Crippen LogP contribution in [0.5, 0.6) is 11.6 Å². The first-order chi connectivity index (χ1) is 10.7. The molecule has 0 aromatic carbocycles. The number of carbonyl (C=O) groups is 1. The Morgan fingerprint density at radius 3 is 2.77 bits per heavy atom. The Hall–Kier alpha value is -3.22. The highest BCUT2D eigenvalue weighted by Gasteiger charge is 2.08. The van der Waals surface area contributed by atoms with Crippen LogP contribution in [0.3, 0.4) is 0 Å². The minimum atomic E-state index is -0.240. The van der Waals surface area contributed by atoms with Gasteiger partial charge in [0.05, 0.1) is 29.8 Å². The van der Waals surface area contributed by atoms with Crippen molar-refractivity contribution in [3.63, 3.8) is 0 Å². The second kappa shape index (κ2) is 6.04. The third-order valence-corrected chi connectivity index (χ3v) is 2.82. The number of aromatic nitrogens is 4. The standard InChI is InChI=1S/C15H13N5O2/c1-20-10-11(7-18-20)15(21)19-12-4-5-14(17-8-12)22-13-3-2-6-16-9-13/h2-10H,1H3,(H,19,21). The number of anilines is 1. The van der Waals surface area contributed by atoms with Crippen molar-refractivity contribution in [1.82, 2.24) is 19.7 Å². The molecule has 7 nitrogen and oxygen atoms in total. The Bertz CT molecular complexity index is 768. The number of pyridine rings is 2. The topological polar surface area (TPSA) is 81.9 Å². The summed E-state index contributed by atoms with van der Waals surface area (Å²) in [5, 5.41) is 6.69. The molecule has 0 aliphatic heterocycles. The summed E-state index contributed by atoms with van der Waals surface area (Å²) in [4.78, 5) is 20.1. The number of nitrogens with zero attached hydrogens (tertiary/aromatic N) is 4. The fourth-order valence-electron chi connectivity index (χ4n) is 1.78. The van der Waals surface area contributed by atoms with E-state index in [1.54, 1.807) is 54.6 Å². The lowest BCUT2D eigenvalue weighted by molar-refractivity contribution is 0.102. The van der Waals surface area contributed by atoms with Crippen LogP contribution in [0.2, 0.25) is 0 Å². The van der Waals surface area contributed by atoms with Crippen molar-refractivity contribution in [3.05, 3.63) is 60.8 Å². The molecule has 0 fully saturated rings. The highest BCUT2D eigenvalue weighted by molar-refractivity contribution is 6.03. The van der Waals surface area contributed by atoms with Crippen LogP contribution >= 0.6 is 0 Å². The largest absolute Gasteiger partial charge is 0.437 e. The molecule has 3 rings (SSSR count). The summed E-state index contributed by atoms with van der Waals surface area (Å²) >= 11 is 0. The van der Waals surface area contributed by atoms with E-state index in [-0.39, 0.29) is 5.91 Å². The Balaban J connectivity index is 1.65. The summed E-state index contributed by atoms with van der Waals surface area (Å²) in [5.41, 5.74) is 1.06. The first kappa shape index (κ1) is 13.7. The van der Waals surface area contributed by atoms with Crippen LogP contribution in [0.15, 0.2) is 55.2 Å². The van der Waals surface area contributed by atoms with Gasteiger partial charge >= 0.3 is 0 Å². The van der Waals surface area contributed by atoms with Gasteiger partial charge in [-0.2, -0.15) is 5.10 Å². The van der Waals surface area contributed by atoms with Crippen molar-refractivity contribution in [3.8, 4) is 11.6 Å². The second-order valence-electron chi connectivity index (χ2n) is 4.53. The number of hydrogen-bond acceptors (Lipinski definition) is 5. The van der Waals surface area contributed by atoms with E-state index in [1.807, 2.05) is 0 Å². The molecule has 0 spiro atoms. The van der Waals surface area contributed by atoms with Gasteiger partial charge in [-0.05, 0) is 18.2 Å². The van der Waals surface area contributed by atoms with Gasteiger partial charge < -0.3 is 10.1 Å². The number of ether oxygens (including phenoxy) is 1. The van der Waals surface area contributed by atoms with E-state index < -0.39 is 0 Å². The molecule has 0 saturated heterocycles. The van der Waals surface area contributed by atoms with E-state index in [2.05, 4.69) is 20.4 Å². The van der Waals surface area contributed by atoms with Gasteiger partial charge in [-0.15, -0.1) is 0 Å². The molecule has 0 unspecified atom stereocenters. The molecule has 22 heavy (non-hydrogen) atoms. The molecule has 7 heteroatoms. The molecule has 3 heterocycles. The Morgan fingerprint density at radius 2 is 2.14 bits per heavy atom. The van der Waals surface area contributed by atoms with E-state index in [0.29, 0.717) is 22.9 Å². The number of hydrogen-bond donors (Lipinski definition) is 1. The zero-order chi connectivity index (χ0) is 15.4. The lowest BCUT2D eigenvalue weighted by Gasteiger charge is -2.06. The highest BCUT2D eigenvalue weighted by atomic mass is 16.5. The van der Waals surface area contributed by atoms with Gasteiger partial charge in [0.15, 0.2) is 0 Å². The van der Waals surface area contributed by atoms with Gasteiger partial charge in [-0.25, -0.2) is 4.98 Å². The third kappa shape index (κ3) is 3.26. The van der Waals surface area contributed by atoms with Crippen LogP contribution in [0.1, 0.15) is 10.4 Å². The summed E-state index contributed by atoms with van der Waals surface area (Å²) in [6.07, 6.45) is 7.93. The maximum Gasteiger partial charge on any atom is 0.258 e. The predicted octanol–water partition coefficient (Wildman–Crippen LogP) is 2.25. The summed E-state index contributed by atoms with van der Waals surface area (Å²) in [6.45, 7) is 0. The molecule has 0 atom stereocenters. The Morgan fingerprint density at radius 1 is 1.23 bits per heavy atom. The molecule has 3 aromatic rings. The van der Waals surface area contributed by atoms with Gasteiger partial charge in [-0.3, -0.25) is 14.5 Å². The van der Waals surface area contributed by atoms with Crippen LogP contribution < -0.4 is 10.1 Å². The fraction of sp³-hybridized carbons (Fsp3) is 0.0667. The molecule has 3 aromatic heterocycles. The molecule has 0 bridgehead atoms. The van der Waals surface area contributed by atoms with Crippen molar-refractivity contribution < 1.29 is 9.53 Å². The van der Waals surface area contributed by atoms with Crippen LogP contribution in [0.25, 0.3) is 0 Å². The number of carbonyl (C=O) groups excluding carboxylic acids is 1. The predicted molar refractivity (Wildman–Crippen MR) is 79.7 cm³/mol. The number of nitrogens with one attached hydrogen (secondary N) is 1. The van der Waals surface area contributed by atoms with E-state index >= 15 is 0 Å². The third-order valence-electron chi connectivity index (χ3n) is 2.82. The number of rotatable bonds is 4. The van der Waals surface area contributed by atoms with Gasteiger partial charge in [0.25, 0.3) is 5.91 Å². The minimum Gasteiger partial charge on any atom is -0.437 e. The van der Waals surface area contributed by atoms with Crippen molar-refractivity contribution >= 4 is 11.6 Å². The van der Waals surface area contributed by atoms with Gasteiger partial charge in [0.1, 0.15) is 5.75 Å². The lowest BCUT2D eigenvalue weighted by atomic mass is 10.3. The van der Waals surface area contributed by atoms with E-state index in [0.717, 1.165) is 0 Å². The first-order valence-corrected chi connectivity index (χ1v) is 6.54. The summed E-state index contributed by atoms with van der Waals surface area (Å²) in [6, 6.07) is 6.95. The molecule has 0 aliphatic carbocycles. The molecule has 0 aliphatic rings. The molecule has 110 valence electrons. The molecular formula is C15H13N5O2. The molecule has 1 amide bonds. The first-order valence-electron chi connectivity index (χ1n) is 6.54. The molecule has 0 saturated carbocycles. The smallest absolute Gasteiger partial charge is 0.258 e. The quantitative estimate of drug-likeness (QED) is 0.798. The fourth-order valence-corrected chi connectivity index (χ4v) is 1.78. The van der Waals surface area contributed by atoms with Crippen LogP contribution in [-0.4, -0.2) is 25.7 Å².